The monoisotopic (exact) mass is 567 g/mol. The standard InChI is InChI=1S/C33H41N7O2/c1-5-38-14-16-39(17-15-38)12-7-13-40-28-11-8-22(21(3)36-42-6-2)18-24(28)30-25-19-34-33(41)31(25)29-23(32(30)40)9-10-27-26(29)20-37(4)35-27/h8,11,18-20,34,41H,5-7,9-10,12-17H2,1-4H3. The number of aromatic hydroxyl groups is 1. The fourth-order valence-corrected chi connectivity index (χ4v) is 7.24. The van der Waals surface area contributed by atoms with Crippen LogP contribution in [-0.2, 0) is 31.3 Å². The number of aromatic nitrogens is 4. The largest absolute Gasteiger partial charge is 0.494 e. The maximum Gasteiger partial charge on any atom is 0.197 e. The first-order chi connectivity index (χ1) is 20.5. The first-order valence-electron chi connectivity index (χ1n) is 15.4. The molecule has 220 valence electrons. The van der Waals surface area contributed by atoms with Crippen molar-refractivity contribution in [2.75, 3.05) is 45.9 Å². The molecule has 3 aromatic heterocycles. The van der Waals surface area contributed by atoms with E-state index >= 15 is 0 Å². The van der Waals surface area contributed by atoms with E-state index in [2.05, 4.69) is 55.8 Å². The van der Waals surface area contributed by atoms with Crippen molar-refractivity contribution in [3.8, 4) is 17.0 Å². The Morgan fingerprint density at radius 1 is 1.05 bits per heavy atom. The van der Waals surface area contributed by atoms with Gasteiger partial charge in [-0.1, -0.05) is 18.1 Å². The predicted molar refractivity (Wildman–Crippen MR) is 170 cm³/mol. The van der Waals surface area contributed by atoms with E-state index < -0.39 is 0 Å². The Labute approximate surface area is 246 Å². The number of benzene rings is 2. The van der Waals surface area contributed by atoms with Crippen molar-refractivity contribution >= 4 is 38.3 Å². The summed E-state index contributed by atoms with van der Waals surface area (Å²) in [7, 11) is 1.98. The normalized spacial score (nSPS) is 16.5. The summed E-state index contributed by atoms with van der Waals surface area (Å²) in [5.74, 6) is 0.220. The molecule has 0 atom stereocenters. The lowest BCUT2D eigenvalue weighted by molar-refractivity contribution is 0.135. The zero-order valence-electron chi connectivity index (χ0n) is 25.2. The third kappa shape index (κ3) is 4.37. The van der Waals surface area contributed by atoms with Gasteiger partial charge in [0.2, 0.25) is 0 Å². The number of aromatic amines is 1. The molecule has 0 bridgehead atoms. The molecule has 2 aliphatic rings. The molecular formula is C33H41N7O2. The van der Waals surface area contributed by atoms with Gasteiger partial charge in [0.15, 0.2) is 5.88 Å². The number of H-pyrrole nitrogens is 1. The molecule has 9 heteroatoms. The van der Waals surface area contributed by atoms with Crippen molar-refractivity contribution in [1.29, 1.82) is 0 Å². The molecule has 9 nitrogen and oxygen atoms in total. The molecule has 0 saturated carbocycles. The van der Waals surface area contributed by atoms with Crippen LogP contribution in [0.15, 0.2) is 35.7 Å². The fourth-order valence-electron chi connectivity index (χ4n) is 7.24. The minimum atomic E-state index is 0.220. The Kier molecular flexibility index (Phi) is 6.94. The van der Waals surface area contributed by atoms with Gasteiger partial charge < -0.3 is 29.3 Å². The van der Waals surface area contributed by atoms with E-state index in [1.165, 1.54) is 27.4 Å². The zero-order chi connectivity index (χ0) is 29.0. The highest BCUT2D eigenvalue weighted by Gasteiger charge is 2.30. The van der Waals surface area contributed by atoms with Crippen LogP contribution in [0.4, 0.5) is 0 Å². The second-order valence-electron chi connectivity index (χ2n) is 11.8. The molecule has 42 heavy (non-hydrogen) atoms. The van der Waals surface area contributed by atoms with Crippen LogP contribution in [0.1, 0.15) is 44.0 Å². The molecule has 7 rings (SSSR count). The first kappa shape index (κ1) is 27.0. The van der Waals surface area contributed by atoms with Gasteiger partial charge in [-0.25, -0.2) is 0 Å². The minimum Gasteiger partial charge on any atom is -0.494 e. The minimum absolute atomic E-state index is 0.220. The summed E-state index contributed by atoms with van der Waals surface area (Å²) in [6.07, 6.45) is 6.95. The quantitative estimate of drug-likeness (QED) is 0.197. The van der Waals surface area contributed by atoms with Crippen LogP contribution in [0, 0.1) is 0 Å². The van der Waals surface area contributed by atoms with E-state index in [1.807, 2.05) is 31.8 Å². The number of rotatable bonds is 8. The van der Waals surface area contributed by atoms with Gasteiger partial charge >= 0.3 is 0 Å². The molecule has 0 spiro atoms. The van der Waals surface area contributed by atoms with Gasteiger partial charge in [-0.3, -0.25) is 4.68 Å². The number of aryl methyl sites for hydroxylation is 4. The molecule has 0 radical (unpaired) electrons. The maximum absolute atomic E-state index is 11.2. The van der Waals surface area contributed by atoms with Crippen LogP contribution in [0.5, 0.6) is 5.88 Å². The summed E-state index contributed by atoms with van der Waals surface area (Å²) in [6.45, 7) is 14.5. The molecule has 1 fully saturated rings. The van der Waals surface area contributed by atoms with E-state index in [-0.39, 0.29) is 5.88 Å². The number of fused-ring (bicyclic) bond motifs is 10. The second kappa shape index (κ2) is 10.8. The van der Waals surface area contributed by atoms with Crippen LogP contribution >= 0.6 is 0 Å². The molecule has 1 aliphatic heterocycles. The molecule has 1 saturated heterocycles. The average Bonchev–Trinajstić information content (AvgIpc) is 3.68. The van der Waals surface area contributed by atoms with Crippen molar-refractivity contribution in [3.05, 3.63) is 47.4 Å². The third-order valence-corrected chi connectivity index (χ3v) is 9.33. The van der Waals surface area contributed by atoms with E-state index in [0.29, 0.717) is 6.61 Å². The Balaban J connectivity index is 1.41. The Bertz CT molecular complexity index is 1820. The lowest BCUT2D eigenvalue weighted by Gasteiger charge is -2.34. The number of nitrogens with zero attached hydrogens (tertiary/aromatic N) is 6. The first-order valence-corrected chi connectivity index (χ1v) is 15.4. The van der Waals surface area contributed by atoms with Crippen molar-refractivity contribution in [2.24, 2.45) is 12.2 Å². The van der Waals surface area contributed by atoms with E-state index in [0.717, 1.165) is 104 Å². The highest BCUT2D eigenvalue weighted by Crippen LogP contribution is 2.49. The Hall–Kier alpha value is -3.82. The molecule has 0 unspecified atom stereocenters. The van der Waals surface area contributed by atoms with Gasteiger partial charge in [-0.05, 0) is 69.5 Å². The van der Waals surface area contributed by atoms with Crippen molar-refractivity contribution in [3.63, 3.8) is 0 Å². The number of nitrogens with one attached hydrogen (secondary N) is 1. The number of oxime groups is 1. The van der Waals surface area contributed by atoms with Crippen molar-refractivity contribution in [2.45, 2.75) is 46.6 Å². The van der Waals surface area contributed by atoms with Crippen molar-refractivity contribution in [1.82, 2.24) is 29.1 Å². The third-order valence-electron chi connectivity index (χ3n) is 9.33. The van der Waals surface area contributed by atoms with Gasteiger partial charge in [0, 0.05) is 85.0 Å². The summed E-state index contributed by atoms with van der Waals surface area (Å²) in [4.78, 5) is 13.7. The maximum atomic E-state index is 11.2. The van der Waals surface area contributed by atoms with Crippen LogP contribution in [0.2, 0.25) is 0 Å². The van der Waals surface area contributed by atoms with E-state index in [4.69, 9.17) is 9.94 Å². The molecule has 1 aliphatic carbocycles. The smallest absolute Gasteiger partial charge is 0.197 e. The number of hydrogen-bond acceptors (Lipinski definition) is 6. The number of likely N-dealkylation sites (N-methyl/N-ethyl adjacent to an activating group) is 1. The average molecular weight is 568 g/mol. The van der Waals surface area contributed by atoms with Gasteiger partial charge in [0.1, 0.15) is 6.61 Å². The fraction of sp³-hybridized carbons (Fsp3) is 0.455. The summed E-state index contributed by atoms with van der Waals surface area (Å²) in [6, 6.07) is 6.67. The highest BCUT2D eigenvalue weighted by atomic mass is 16.6. The topological polar surface area (TPSA) is 86.8 Å². The van der Waals surface area contributed by atoms with E-state index in [1.54, 1.807) is 0 Å². The summed E-state index contributed by atoms with van der Waals surface area (Å²) >= 11 is 0. The summed E-state index contributed by atoms with van der Waals surface area (Å²) in [5.41, 5.74) is 9.08. The summed E-state index contributed by atoms with van der Waals surface area (Å²) < 4.78 is 4.45. The second-order valence-corrected chi connectivity index (χ2v) is 11.8. The van der Waals surface area contributed by atoms with Crippen LogP contribution < -0.4 is 0 Å². The molecule has 2 N–H and O–H groups in total. The lowest BCUT2D eigenvalue weighted by Crippen LogP contribution is -2.46. The van der Waals surface area contributed by atoms with Crippen molar-refractivity contribution < 1.29 is 9.94 Å². The molecule has 2 aromatic carbocycles. The zero-order valence-corrected chi connectivity index (χ0v) is 25.2. The molecule has 5 aromatic rings. The van der Waals surface area contributed by atoms with Crippen LogP contribution in [0.3, 0.4) is 0 Å². The number of hydrogen-bond donors (Lipinski definition) is 2. The van der Waals surface area contributed by atoms with E-state index in [9.17, 15) is 5.11 Å². The molecule has 4 heterocycles. The Morgan fingerprint density at radius 3 is 2.64 bits per heavy atom. The SMILES string of the molecule is CCON=C(C)c1ccc2c(c1)c1c3c[nH]c(O)c3c3c(c1n2CCCN1CCN(CC)CC1)CCc1nn(C)cc1-3. The predicted octanol–water partition coefficient (Wildman–Crippen LogP) is 5.27. The Morgan fingerprint density at radius 2 is 1.86 bits per heavy atom. The van der Waals surface area contributed by atoms with Gasteiger partial charge in [-0.2, -0.15) is 5.10 Å². The molecular weight excluding hydrogens is 526 g/mol. The van der Waals surface area contributed by atoms with Crippen LogP contribution in [-0.4, -0.2) is 85.8 Å². The highest BCUT2D eigenvalue weighted by molar-refractivity contribution is 6.27. The van der Waals surface area contributed by atoms with Gasteiger partial charge in [0.05, 0.1) is 22.3 Å². The summed E-state index contributed by atoms with van der Waals surface area (Å²) in [5, 5.41) is 24.6. The number of piperazine rings is 1. The van der Waals surface area contributed by atoms with Crippen LogP contribution in [0.25, 0.3) is 43.7 Å². The lowest BCUT2D eigenvalue weighted by atomic mass is 9.85. The van der Waals surface area contributed by atoms with Gasteiger partial charge in [-0.15, -0.1) is 0 Å². The van der Waals surface area contributed by atoms with Gasteiger partial charge in [0.25, 0.3) is 0 Å². The molecule has 0 amide bonds.